The van der Waals surface area contributed by atoms with Gasteiger partial charge in [-0.15, -0.1) is 12.4 Å². The number of amides is 1. The number of hydrogen-bond donors (Lipinski definition) is 1. The van der Waals surface area contributed by atoms with Gasteiger partial charge in [0.2, 0.25) is 5.91 Å². The molecule has 1 atom stereocenters. The number of piperidine rings is 1. The van der Waals surface area contributed by atoms with Crippen molar-refractivity contribution in [2.75, 3.05) is 25.0 Å². The third kappa shape index (κ3) is 4.65. The Labute approximate surface area is 145 Å². The fourth-order valence-corrected chi connectivity index (χ4v) is 2.68. The van der Waals surface area contributed by atoms with Crippen LogP contribution < -0.4 is 4.90 Å². The monoisotopic (exact) mass is 357 g/mol. The van der Waals surface area contributed by atoms with Crippen molar-refractivity contribution in [2.45, 2.75) is 25.3 Å². The van der Waals surface area contributed by atoms with Gasteiger partial charge in [-0.3, -0.25) is 24.6 Å². The van der Waals surface area contributed by atoms with E-state index in [-0.39, 0.29) is 30.5 Å². The molecular formula is C15H20ClN3O5. The van der Waals surface area contributed by atoms with Gasteiger partial charge in [-0.1, -0.05) is 6.42 Å². The first-order valence-corrected chi connectivity index (χ1v) is 7.38. The maximum atomic E-state index is 12.4. The topological polar surface area (TPSA) is 104 Å². The molecule has 0 aliphatic carbocycles. The number of aliphatic carboxylic acids is 1. The Hall–Kier alpha value is -2.19. The lowest BCUT2D eigenvalue weighted by Gasteiger charge is -2.33. The van der Waals surface area contributed by atoms with Crippen molar-refractivity contribution in [3.8, 4) is 0 Å². The first-order chi connectivity index (χ1) is 10.9. The standard InChI is InChI=1S/C15H19N3O5.ClH/c1-16(11-5-7-12(8-6-11)18(22)23)14(19)10-17-9-3-2-4-13(17)15(20)21;/h5-8,13H,2-4,9-10H2,1H3,(H,20,21);1H. The number of likely N-dealkylation sites (tertiary alicyclic amines) is 1. The molecule has 1 unspecified atom stereocenters. The van der Waals surface area contributed by atoms with Gasteiger partial charge in [-0.25, -0.2) is 0 Å². The molecule has 8 nitrogen and oxygen atoms in total. The highest BCUT2D eigenvalue weighted by Gasteiger charge is 2.30. The maximum Gasteiger partial charge on any atom is 0.320 e. The number of nitro groups is 1. The van der Waals surface area contributed by atoms with E-state index in [4.69, 9.17) is 0 Å². The third-order valence-corrected chi connectivity index (χ3v) is 4.06. The molecule has 24 heavy (non-hydrogen) atoms. The lowest BCUT2D eigenvalue weighted by Crippen LogP contribution is -2.49. The van der Waals surface area contributed by atoms with Crippen molar-refractivity contribution < 1.29 is 19.6 Å². The van der Waals surface area contributed by atoms with E-state index in [9.17, 15) is 24.8 Å². The van der Waals surface area contributed by atoms with Crippen LogP contribution in [-0.4, -0.2) is 53.0 Å². The van der Waals surface area contributed by atoms with Crippen LogP contribution >= 0.6 is 12.4 Å². The maximum absolute atomic E-state index is 12.4. The van der Waals surface area contributed by atoms with Gasteiger partial charge in [0.25, 0.3) is 5.69 Å². The van der Waals surface area contributed by atoms with Crippen LogP contribution in [0.5, 0.6) is 0 Å². The zero-order valence-electron chi connectivity index (χ0n) is 13.3. The zero-order valence-corrected chi connectivity index (χ0v) is 14.1. The van der Waals surface area contributed by atoms with E-state index in [1.807, 2.05) is 0 Å². The second-order valence-electron chi connectivity index (χ2n) is 5.55. The highest BCUT2D eigenvalue weighted by atomic mass is 35.5. The van der Waals surface area contributed by atoms with Crippen LogP contribution in [0.3, 0.4) is 0 Å². The fourth-order valence-electron chi connectivity index (χ4n) is 2.68. The van der Waals surface area contributed by atoms with E-state index in [1.54, 1.807) is 11.9 Å². The largest absolute Gasteiger partial charge is 0.480 e. The summed E-state index contributed by atoms with van der Waals surface area (Å²) in [4.78, 5) is 36.8. The smallest absolute Gasteiger partial charge is 0.320 e. The second-order valence-corrected chi connectivity index (χ2v) is 5.55. The summed E-state index contributed by atoms with van der Waals surface area (Å²) in [5.74, 6) is -1.15. The lowest BCUT2D eigenvalue weighted by molar-refractivity contribution is -0.384. The molecule has 1 saturated heterocycles. The van der Waals surface area contributed by atoms with Crippen molar-refractivity contribution in [1.82, 2.24) is 4.90 Å². The molecule has 132 valence electrons. The first-order valence-electron chi connectivity index (χ1n) is 7.38. The fraction of sp³-hybridized carbons (Fsp3) is 0.467. The van der Waals surface area contributed by atoms with Gasteiger partial charge in [-0.05, 0) is 31.5 Å². The second kappa shape index (κ2) is 8.60. The van der Waals surface area contributed by atoms with E-state index < -0.39 is 16.9 Å². The number of anilines is 1. The number of likely N-dealkylation sites (N-methyl/N-ethyl adjacent to an activating group) is 1. The Bertz CT molecular complexity index is 608. The van der Waals surface area contributed by atoms with Gasteiger partial charge < -0.3 is 10.0 Å². The van der Waals surface area contributed by atoms with Crippen LogP contribution in [0.2, 0.25) is 0 Å². The molecule has 1 aromatic rings. The average Bonchev–Trinajstić information content (AvgIpc) is 2.54. The van der Waals surface area contributed by atoms with Gasteiger partial charge in [-0.2, -0.15) is 0 Å². The van der Waals surface area contributed by atoms with E-state index in [0.29, 0.717) is 18.7 Å². The summed E-state index contributed by atoms with van der Waals surface area (Å²) in [6.45, 7) is 0.598. The minimum absolute atomic E-state index is 0. The molecule has 1 fully saturated rings. The van der Waals surface area contributed by atoms with Gasteiger partial charge in [0.1, 0.15) is 6.04 Å². The zero-order chi connectivity index (χ0) is 17.0. The molecule has 1 aliphatic heterocycles. The van der Waals surface area contributed by atoms with Crippen LogP contribution in [0.1, 0.15) is 19.3 Å². The van der Waals surface area contributed by atoms with Gasteiger partial charge in [0.15, 0.2) is 0 Å². The molecule has 1 aliphatic rings. The average molecular weight is 358 g/mol. The van der Waals surface area contributed by atoms with Crippen LogP contribution in [0.25, 0.3) is 0 Å². The van der Waals surface area contributed by atoms with Crippen molar-refractivity contribution in [2.24, 2.45) is 0 Å². The summed E-state index contributed by atoms with van der Waals surface area (Å²) in [5.41, 5.74) is 0.487. The number of carbonyl (C=O) groups excluding carboxylic acids is 1. The lowest BCUT2D eigenvalue weighted by atomic mass is 10.0. The number of carboxylic acid groups (broad SMARTS) is 1. The van der Waals surface area contributed by atoms with Crippen molar-refractivity contribution in [3.05, 3.63) is 34.4 Å². The molecule has 1 N–H and O–H groups in total. The SMILES string of the molecule is CN(C(=O)CN1CCCCC1C(=O)O)c1ccc([N+](=O)[O-])cc1.Cl. The molecule has 0 spiro atoms. The number of non-ortho nitro benzene ring substituents is 1. The summed E-state index contributed by atoms with van der Waals surface area (Å²) < 4.78 is 0. The van der Waals surface area contributed by atoms with Crippen molar-refractivity contribution >= 4 is 35.7 Å². The van der Waals surface area contributed by atoms with Crippen molar-refractivity contribution in [3.63, 3.8) is 0 Å². The molecule has 0 saturated carbocycles. The number of carbonyl (C=O) groups is 2. The summed E-state index contributed by atoms with van der Waals surface area (Å²) in [7, 11) is 1.57. The molecule has 1 amide bonds. The predicted octanol–water partition coefficient (Wildman–Crippen LogP) is 1.92. The van der Waals surface area contributed by atoms with Gasteiger partial charge in [0, 0.05) is 24.9 Å². The molecule has 0 radical (unpaired) electrons. The van der Waals surface area contributed by atoms with Crippen LogP contribution in [-0.2, 0) is 9.59 Å². The Morgan fingerprint density at radius 1 is 1.33 bits per heavy atom. The van der Waals surface area contributed by atoms with E-state index in [0.717, 1.165) is 12.8 Å². The normalized spacial score (nSPS) is 17.6. The number of nitro benzene ring substituents is 1. The van der Waals surface area contributed by atoms with Crippen LogP contribution in [0, 0.1) is 10.1 Å². The Morgan fingerprint density at radius 3 is 2.50 bits per heavy atom. The van der Waals surface area contributed by atoms with Gasteiger partial charge >= 0.3 is 5.97 Å². The molecule has 1 aromatic carbocycles. The minimum atomic E-state index is -0.907. The van der Waals surface area contributed by atoms with E-state index in [1.165, 1.54) is 29.2 Å². The van der Waals surface area contributed by atoms with Crippen molar-refractivity contribution in [1.29, 1.82) is 0 Å². The Kier molecular flexibility index (Phi) is 7.12. The summed E-state index contributed by atoms with van der Waals surface area (Å²) in [6.07, 6.45) is 2.27. The van der Waals surface area contributed by atoms with Crippen LogP contribution in [0.4, 0.5) is 11.4 Å². The summed E-state index contributed by atoms with van der Waals surface area (Å²) in [5, 5.41) is 19.9. The molecule has 0 aromatic heterocycles. The van der Waals surface area contributed by atoms with E-state index in [2.05, 4.69) is 0 Å². The number of halogens is 1. The first kappa shape index (κ1) is 19.9. The predicted molar refractivity (Wildman–Crippen MR) is 90.6 cm³/mol. The number of hydrogen-bond acceptors (Lipinski definition) is 5. The Morgan fingerprint density at radius 2 is 1.96 bits per heavy atom. The number of carboxylic acids is 1. The highest BCUT2D eigenvalue weighted by molar-refractivity contribution is 5.94. The number of rotatable bonds is 5. The van der Waals surface area contributed by atoms with E-state index >= 15 is 0 Å². The molecule has 1 heterocycles. The molecular weight excluding hydrogens is 338 g/mol. The summed E-state index contributed by atoms with van der Waals surface area (Å²) in [6, 6.07) is 5.04. The minimum Gasteiger partial charge on any atom is -0.480 e. The Balaban J connectivity index is 0.00000288. The number of nitrogens with zero attached hydrogens (tertiary/aromatic N) is 3. The third-order valence-electron chi connectivity index (χ3n) is 4.06. The molecule has 2 rings (SSSR count). The van der Waals surface area contributed by atoms with Gasteiger partial charge in [0.05, 0.1) is 11.5 Å². The summed E-state index contributed by atoms with van der Waals surface area (Å²) >= 11 is 0. The number of benzene rings is 1. The van der Waals surface area contributed by atoms with Crippen LogP contribution in [0.15, 0.2) is 24.3 Å². The molecule has 0 bridgehead atoms. The molecule has 9 heteroatoms. The quantitative estimate of drug-likeness (QED) is 0.637. The highest BCUT2D eigenvalue weighted by Crippen LogP contribution is 2.20.